The Balaban J connectivity index is 4.73. The lowest BCUT2D eigenvalue weighted by Gasteiger charge is -2.34. The number of rotatable bonds is 3. The number of hydrogen-bond acceptors (Lipinski definition) is 2. The molecule has 0 saturated carbocycles. The molecule has 3 N–H and O–H groups in total. The van der Waals surface area contributed by atoms with Gasteiger partial charge in [-0.15, -0.1) is 0 Å². The third-order valence-electron chi connectivity index (χ3n) is 2.17. The van der Waals surface area contributed by atoms with Gasteiger partial charge in [-0.3, -0.25) is 4.79 Å². The molecule has 0 saturated heterocycles. The summed E-state index contributed by atoms with van der Waals surface area (Å²) in [7, 11) is 0. The van der Waals surface area contributed by atoms with Crippen LogP contribution in [0, 0.1) is 5.41 Å². The van der Waals surface area contributed by atoms with Gasteiger partial charge in [0, 0.05) is 0 Å². The Morgan fingerprint density at radius 3 is 1.83 bits per heavy atom. The standard InChI is InChI=1S/C7H13F2NO2/c1-6(2,7(3,8)9)4(10)5(11)12/h4H,10H2,1-3H3,(H,11,12). The van der Waals surface area contributed by atoms with Crippen molar-refractivity contribution in [1.82, 2.24) is 0 Å². The summed E-state index contributed by atoms with van der Waals surface area (Å²) in [5.41, 5.74) is 3.36. The summed E-state index contributed by atoms with van der Waals surface area (Å²) < 4.78 is 25.5. The van der Waals surface area contributed by atoms with Crippen molar-refractivity contribution >= 4 is 5.97 Å². The normalized spacial score (nSPS) is 15.8. The largest absolute Gasteiger partial charge is 0.480 e. The van der Waals surface area contributed by atoms with Crippen LogP contribution in [0.15, 0.2) is 0 Å². The second-order valence-corrected chi connectivity index (χ2v) is 3.43. The molecule has 0 spiro atoms. The minimum Gasteiger partial charge on any atom is -0.480 e. The average molecular weight is 181 g/mol. The highest BCUT2D eigenvalue weighted by atomic mass is 19.3. The number of aliphatic carboxylic acids is 1. The smallest absolute Gasteiger partial charge is 0.321 e. The maximum absolute atomic E-state index is 12.8. The van der Waals surface area contributed by atoms with Crippen molar-refractivity contribution < 1.29 is 18.7 Å². The van der Waals surface area contributed by atoms with Gasteiger partial charge in [-0.1, -0.05) is 13.8 Å². The van der Waals surface area contributed by atoms with Crippen molar-refractivity contribution in [3.8, 4) is 0 Å². The third kappa shape index (κ3) is 1.91. The molecule has 5 heteroatoms. The van der Waals surface area contributed by atoms with Crippen molar-refractivity contribution in [2.45, 2.75) is 32.7 Å². The molecule has 0 bridgehead atoms. The Labute approximate surface area is 69.6 Å². The van der Waals surface area contributed by atoms with Crippen LogP contribution in [0.1, 0.15) is 20.8 Å². The highest BCUT2D eigenvalue weighted by Gasteiger charge is 2.49. The topological polar surface area (TPSA) is 63.3 Å². The summed E-state index contributed by atoms with van der Waals surface area (Å²) in [6.45, 7) is 2.92. The van der Waals surface area contributed by atoms with E-state index in [1.807, 2.05) is 0 Å². The fourth-order valence-corrected chi connectivity index (χ4v) is 0.582. The first-order valence-corrected chi connectivity index (χ1v) is 3.47. The summed E-state index contributed by atoms with van der Waals surface area (Å²) in [5.74, 6) is -4.52. The second-order valence-electron chi connectivity index (χ2n) is 3.43. The summed E-state index contributed by atoms with van der Waals surface area (Å²) in [6.07, 6.45) is 0. The maximum Gasteiger partial charge on any atom is 0.321 e. The molecule has 0 amide bonds. The molecule has 0 aliphatic rings. The SMILES string of the molecule is CC(F)(F)C(C)(C)C(N)C(=O)O. The van der Waals surface area contributed by atoms with E-state index in [2.05, 4.69) is 0 Å². The Morgan fingerprint density at radius 1 is 1.42 bits per heavy atom. The van der Waals surface area contributed by atoms with Crippen molar-refractivity contribution in [2.24, 2.45) is 11.1 Å². The van der Waals surface area contributed by atoms with Crippen LogP contribution in [0.3, 0.4) is 0 Å². The Kier molecular flexibility index (Phi) is 2.79. The minimum absolute atomic E-state index is 0.663. The van der Waals surface area contributed by atoms with Crippen LogP contribution in [0.4, 0.5) is 8.78 Å². The average Bonchev–Trinajstić information content (AvgIpc) is 1.83. The highest BCUT2D eigenvalue weighted by Crippen LogP contribution is 2.37. The Morgan fingerprint density at radius 2 is 1.75 bits per heavy atom. The van der Waals surface area contributed by atoms with E-state index in [1.54, 1.807) is 0 Å². The molecule has 1 atom stereocenters. The number of alkyl halides is 2. The first-order valence-electron chi connectivity index (χ1n) is 3.47. The summed E-state index contributed by atoms with van der Waals surface area (Å²) in [4.78, 5) is 10.3. The van der Waals surface area contributed by atoms with E-state index in [9.17, 15) is 13.6 Å². The van der Waals surface area contributed by atoms with Gasteiger partial charge < -0.3 is 10.8 Å². The predicted octanol–water partition coefficient (Wildman–Crippen LogP) is 1.08. The molecule has 0 rings (SSSR count). The molecule has 0 aliphatic carbocycles. The fourth-order valence-electron chi connectivity index (χ4n) is 0.582. The zero-order valence-corrected chi connectivity index (χ0v) is 7.27. The molecule has 3 nitrogen and oxygen atoms in total. The van der Waals surface area contributed by atoms with E-state index in [4.69, 9.17) is 10.8 Å². The maximum atomic E-state index is 12.8. The van der Waals surface area contributed by atoms with E-state index < -0.39 is 23.3 Å². The molecule has 0 heterocycles. The van der Waals surface area contributed by atoms with Crippen molar-refractivity contribution in [2.75, 3.05) is 0 Å². The van der Waals surface area contributed by atoms with Crippen LogP contribution in [0.2, 0.25) is 0 Å². The number of carboxylic acids is 1. The van der Waals surface area contributed by atoms with E-state index in [0.29, 0.717) is 6.92 Å². The number of hydrogen-bond donors (Lipinski definition) is 2. The summed E-state index contributed by atoms with van der Waals surface area (Å²) >= 11 is 0. The number of carbonyl (C=O) groups is 1. The van der Waals surface area contributed by atoms with Crippen molar-refractivity contribution in [3.63, 3.8) is 0 Å². The monoisotopic (exact) mass is 181 g/mol. The van der Waals surface area contributed by atoms with Gasteiger partial charge in [-0.25, -0.2) is 8.78 Å². The van der Waals surface area contributed by atoms with Crippen molar-refractivity contribution in [1.29, 1.82) is 0 Å². The highest BCUT2D eigenvalue weighted by molar-refractivity contribution is 5.74. The van der Waals surface area contributed by atoms with Crippen LogP contribution in [0.5, 0.6) is 0 Å². The first-order chi connectivity index (χ1) is 5.10. The van der Waals surface area contributed by atoms with Crippen molar-refractivity contribution in [3.05, 3.63) is 0 Å². The Bertz CT molecular complexity index is 186. The molecule has 12 heavy (non-hydrogen) atoms. The summed E-state index contributed by atoms with van der Waals surface area (Å²) in [5, 5.41) is 8.42. The fraction of sp³-hybridized carbons (Fsp3) is 0.857. The lowest BCUT2D eigenvalue weighted by Crippen LogP contribution is -2.52. The molecule has 0 aliphatic heterocycles. The van der Waals surface area contributed by atoms with Gasteiger partial charge in [0.1, 0.15) is 6.04 Å². The van der Waals surface area contributed by atoms with Gasteiger partial charge in [0.05, 0.1) is 5.41 Å². The summed E-state index contributed by atoms with van der Waals surface area (Å²) in [6, 6.07) is -1.56. The number of carboxylic acid groups (broad SMARTS) is 1. The molecule has 0 aromatic rings. The van der Waals surface area contributed by atoms with E-state index in [0.717, 1.165) is 13.8 Å². The van der Waals surface area contributed by atoms with E-state index in [-0.39, 0.29) is 0 Å². The van der Waals surface area contributed by atoms with Gasteiger partial charge in [0.15, 0.2) is 0 Å². The second kappa shape index (κ2) is 2.97. The molecule has 0 fully saturated rings. The van der Waals surface area contributed by atoms with Crippen LogP contribution >= 0.6 is 0 Å². The van der Waals surface area contributed by atoms with Gasteiger partial charge >= 0.3 is 5.97 Å². The van der Waals surface area contributed by atoms with Gasteiger partial charge in [0.25, 0.3) is 5.92 Å². The van der Waals surface area contributed by atoms with Crippen LogP contribution in [-0.2, 0) is 4.79 Å². The van der Waals surface area contributed by atoms with E-state index in [1.165, 1.54) is 0 Å². The third-order valence-corrected chi connectivity index (χ3v) is 2.17. The zero-order valence-electron chi connectivity index (χ0n) is 7.27. The van der Waals surface area contributed by atoms with Gasteiger partial charge in [0.2, 0.25) is 0 Å². The minimum atomic E-state index is -3.11. The lowest BCUT2D eigenvalue weighted by atomic mass is 9.79. The van der Waals surface area contributed by atoms with Crippen LogP contribution in [0.25, 0.3) is 0 Å². The van der Waals surface area contributed by atoms with Gasteiger partial charge in [-0.2, -0.15) is 0 Å². The van der Waals surface area contributed by atoms with Crippen LogP contribution < -0.4 is 5.73 Å². The number of halogens is 2. The predicted molar refractivity (Wildman–Crippen MR) is 40.0 cm³/mol. The Hall–Kier alpha value is -0.710. The first kappa shape index (κ1) is 11.3. The quantitative estimate of drug-likeness (QED) is 0.684. The molecular weight excluding hydrogens is 168 g/mol. The molecule has 0 radical (unpaired) electrons. The van der Waals surface area contributed by atoms with Crippen LogP contribution in [-0.4, -0.2) is 23.0 Å². The molecular formula is C7H13F2NO2. The molecule has 0 aromatic carbocycles. The van der Waals surface area contributed by atoms with E-state index >= 15 is 0 Å². The molecule has 72 valence electrons. The van der Waals surface area contributed by atoms with Gasteiger partial charge in [-0.05, 0) is 6.92 Å². The zero-order chi connectivity index (χ0) is 10.2. The molecule has 0 aromatic heterocycles. The number of nitrogens with two attached hydrogens (primary N) is 1. The molecule has 1 unspecified atom stereocenters. The lowest BCUT2D eigenvalue weighted by molar-refractivity contribution is -0.153.